The average molecular weight is 341 g/mol. The summed E-state index contributed by atoms with van der Waals surface area (Å²) < 4.78 is 2.26. The Morgan fingerprint density at radius 1 is 0.808 bits per heavy atom. The maximum Gasteiger partial charge on any atom is 0.126 e. The Labute approximate surface area is 154 Å². The molecule has 0 N–H and O–H groups in total. The van der Waals surface area contributed by atoms with Gasteiger partial charge < -0.3 is 0 Å². The second kappa shape index (κ2) is 6.41. The second-order valence-electron chi connectivity index (χ2n) is 7.09. The van der Waals surface area contributed by atoms with Gasteiger partial charge in [0.25, 0.3) is 0 Å². The molecule has 0 saturated carbocycles. The zero-order valence-electron chi connectivity index (χ0n) is 15.5. The summed E-state index contributed by atoms with van der Waals surface area (Å²) >= 11 is 0. The van der Waals surface area contributed by atoms with Crippen molar-refractivity contribution in [1.29, 1.82) is 0 Å². The maximum atomic E-state index is 5.02. The van der Waals surface area contributed by atoms with Crippen molar-refractivity contribution in [3.8, 4) is 5.69 Å². The van der Waals surface area contributed by atoms with Crippen molar-refractivity contribution >= 4 is 11.0 Å². The van der Waals surface area contributed by atoms with Crippen molar-refractivity contribution in [1.82, 2.24) is 14.5 Å². The summed E-state index contributed by atoms with van der Waals surface area (Å²) in [6, 6.07) is 25.0. The topological polar surface area (TPSA) is 30.7 Å². The van der Waals surface area contributed by atoms with E-state index in [2.05, 4.69) is 86.0 Å². The lowest BCUT2D eigenvalue weighted by molar-refractivity contribution is 0.562. The first-order chi connectivity index (χ1) is 12.6. The van der Waals surface area contributed by atoms with Crippen LogP contribution in [-0.2, 0) is 11.8 Å². The number of benzene rings is 2. The van der Waals surface area contributed by atoms with E-state index in [0.717, 1.165) is 40.4 Å². The van der Waals surface area contributed by atoms with Crippen molar-refractivity contribution in [3.63, 3.8) is 0 Å². The summed E-state index contributed by atoms with van der Waals surface area (Å²) in [7, 11) is 0. The fraction of sp³-hybridized carbons (Fsp3) is 0.217. The molecule has 0 aliphatic carbocycles. The summed E-state index contributed by atoms with van der Waals surface area (Å²) in [6.45, 7) is 6.54. The van der Waals surface area contributed by atoms with Gasteiger partial charge in [0.1, 0.15) is 5.82 Å². The third-order valence-electron chi connectivity index (χ3n) is 4.94. The molecule has 0 unspecified atom stereocenters. The lowest BCUT2D eigenvalue weighted by Gasteiger charge is -2.25. The molecule has 2 aromatic heterocycles. The second-order valence-corrected chi connectivity index (χ2v) is 7.09. The molecule has 2 aromatic carbocycles. The molecule has 0 bridgehead atoms. The maximum absolute atomic E-state index is 5.02. The van der Waals surface area contributed by atoms with Gasteiger partial charge in [0, 0.05) is 11.4 Å². The first-order valence-corrected chi connectivity index (χ1v) is 9.11. The van der Waals surface area contributed by atoms with E-state index in [0.29, 0.717) is 0 Å². The van der Waals surface area contributed by atoms with E-state index in [1.165, 1.54) is 0 Å². The Bertz CT molecular complexity index is 1050. The van der Waals surface area contributed by atoms with Crippen LogP contribution in [0.4, 0.5) is 0 Å². The summed E-state index contributed by atoms with van der Waals surface area (Å²) in [5.41, 5.74) is 5.08. The highest BCUT2D eigenvalue weighted by Crippen LogP contribution is 2.34. The SMILES string of the molecule is CCc1cccc(C(C)(C)c2nc3ccccc3n2-c2ccccc2)n1. The molecule has 0 spiro atoms. The molecule has 4 rings (SSSR count). The Hall–Kier alpha value is -2.94. The standard InChI is InChI=1S/C23H23N3/c1-4-17-11-10-16-21(24-17)23(2,3)22-25-19-14-8-9-15-20(19)26(22)18-12-6-5-7-13-18/h5-16H,4H2,1-3H3. The monoisotopic (exact) mass is 341 g/mol. The lowest BCUT2D eigenvalue weighted by atomic mass is 9.87. The van der Waals surface area contributed by atoms with Gasteiger partial charge in [0.05, 0.1) is 22.1 Å². The normalized spacial score (nSPS) is 11.8. The number of nitrogens with zero attached hydrogens (tertiary/aromatic N) is 3. The van der Waals surface area contributed by atoms with E-state index in [4.69, 9.17) is 9.97 Å². The molecule has 4 aromatic rings. The van der Waals surface area contributed by atoms with E-state index in [9.17, 15) is 0 Å². The quantitative estimate of drug-likeness (QED) is 0.504. The number of hydrogen-bond acceptors (Lipinski definition) is 2. The smallest absolute Gasteiger partial charge is 0.126 e. The molecular formula is C23H23N3. The summed E-state index contributed by atoms with van der Waals surface area (Å²) in [6.07, 6.45) is 0.930. The summed E-state index contributed by atoms with van der Waals surface area (Å²) in [5.74, 6) is 1.01. The van der Waals surface area contributed by atoms with Crippen molar-refractivity contribution in [2.45, 2.75) is 32.6 Å². The largest absolute Gasteiger partial charge is 0.296 e. The van der Waals surface area contributed by atoms with Gasteiger partial charge in [-0.05, 0) is 56.7 Å². The van der Waals surface area contributed by atoms with Crippen LogP contribution >= 0.6 is 0 Å². The number of para-hydroxylation sites is 3. The number of aromatic nitrogens is 3. The highest BCUT2D eigenvalue weighted by Gasteiger charge is 2.31. The van der Waals surface area contributed by atoms with Crippen LogP contribution in [-0.4, -0.2) is 14.5 Å². The number of pyridine rings is 1. The number of rotatable bonds is 4. The molecular weight excluding hydrogens is 318 g/mol. The first-order valence-electron chi connectivity index (χ1n) is 9.11. The van der Waals surface area contributed by atoms with Crippen molar-refractivity contribution in [2.75, 3.05) is 0 Å². The van der Waals surface area contributed by atoms with Crippen LogP contribution < -0.4 is 0 Å². The van der Waals surface area contributed by atoms with Gasteiger partial charge in [-0.3, -0.25) is 9.55 Å². The molecule has 130 valence electrons. The average Bonchev–Trinajstić information content (AvgIpc) is 3.09. The Morgan fingerprint density at radius 2 is 1.54 bits per heavy atom. The summed E-state index contributed by atoms with van der Waals surface area (Å²) in [4.78, 5) is 9.91. The van der Waals surface area contributed by atoms with Crippen LogP contribution in [0.1, 0.15) is 38.0 Å². The van der Waals surface area contributed by atoms with Gasteiger partial charge in [-0.15, -0.1) is 0 Å². The first kappa shape index (κ1) is 16.5. The van der Waals surface area contributed by atoms with Crippen molar-refractivity contribution < 1.29 is 0 Å². The third kappa shape index (κ3) is 2.70. The molecule has 0 aliphatic heterocycles. The predicted octanol–water partition coefficient (Wildman–Crippen LogP) is 5.31. The molecule has 0 amide bonds. The molecule has 0 aliphatic rings. The van der Waals surface area contributed by atoms with Crippen LogP contribution in [0, 0.1) is 0 Å². The van der Waals surface area contributed by atoms with E-state index >= 15 is 0 Å². The van der Waals surface area contributed by atoms with Gasteiger partial charge in [0.2, 0.25) is 0 Å². The number of imidazole rings is 1. The van der Waals surface area contributed by atoms with Crippen molar-refractivity contribution in [2.24, 2.45) is 0 Å². The fourth-order valence-corrected chi connectivity index (χ4v) is 3.42. The third-order valence-corrected chi connectivity index (χ3v) is 4.94. The summed E-state index contributed by atoms with van der Waals surface area (Å²) in [5, 5.41) is 0. The predicted molar refractivity (Wildman–Crippen MR) is 107 cm³/mol. The van der Waals surface area contributed by atoms with Crippen LogP contribution in [0.3, 0.4) is 0 Å². The highest BCUT2D eigenvalue weighted by molar-refractivity contribution is 5.78. The van der Waals surface area contributed by atoms with Crippen LogP contribution in [0.2, 0.25) is 0 Å². The molecule has 3 nitrogen and oxygen atoms in total. The lowest BCUT2D eigenvalue weighted by Crippen LogP contribution is -2.25. The van der Waals surface area contributed by atoms with Gasteiger partial charge >= 0.3 is 0 Å². The van der Waals surface area contributed by atoms with E-state index in [1.54, 1.807) is 0 Å². The zero-order chi connectivity index (χ0) is 18.1. The molecule has 0 fully saturated rings. The fourth-order valence-electron chi connectivity index (χ4n) is 3.42. The van der Waals surface area contributed by atoms with E-state index in [-0.39, 0.29) is 5.41 Å². The number of fused-ring (bicyclic) bond motifs is 1. The Balaban J connectivity index is 1.98. The molecule has 26 heavy (non-hydrogen) atoms. The minimum Gasteiger partial charge on any atom is -0.296 e. The van der Waals surface area contributed by atoms with Crippen molar-refractivity contribution in [3.05, 3.63) is 90.0 Å². The van der Waals surface area contributed by atoms with Gasteiger partial charge in [-0.25, -0.2) is 4.98 Å². The van der Waals surface area contributed by atoms with Gasteiger partial charge in [0.15, 0.2) is 0 Å². The van der Waals surface area contributed by atoms with Crippen LogP contribution in [0.15, 0.2) is 72.8 Å². The Morgan fingerprint density at radius 3 is 2.31 bits per heavy atom. The highest BCUT2D eigenvalue weighted by atomic mass is 15.1. The molecule has 0 atom stereocenters. The molecule has 0 saturated heterocycles. The van der Waals surface area contributed by atoms with E-state index < -0.39 is 0 Å². The number of aryl methyl sites for hydroxylation is 1. The minimum absolute atomic E-state index is 0.319. The van der Waals surface area contributed by atoms with Crippen LogP contribution in [0.5, 0.6) is 0 Å². The zero-order valence-corrected chi connectivity index (χ0v) is 15.5. The van der Waals surface area contributed by atoms with Crippen LogP contribution in [0.25, 0.3) is 16.7 Å². The molecule has 3 heteroatoms. The number of hydrogen-bond donors (Lipinski definition) is 0. The Kier molecular flexibility index (Phi) is 4.08. The minimum atomic E-state index is -0.319. The molecule has 2 heterocycles. The van der Waals surface area contributed by atoms with Gasteiger partial charge in [-0.2, -0.15) is 0 Å². The molecule has 0 radical (unpaired) electrons. The van der Waals surface area contributed by atoms with E-state index in [1.807, 2.05) is 12.1 Å². The van der Waals surface area contributed by atoms with Gasteiger partial charge in [-0.1, -0.05) is 43.3 Å².